The average Bonchev–Trinajstić information content (AvgIpc) is 3.63. The highest BCUT2D eigenvalue weighted by atomic mass is 19.1. The molecule has 1 unspecified atom stereocenters. The molecule has 3 saturated heterocycles. The van der Waals surface area contributed by atoms with Crippen molar-refractivity contribution in [3.05, 3.63) is 59.7 Å². The van der Waals surface area contributed by atoms with Gasteiger partial charge in [0.2, 0.25) is 0 Å². The second-order valence-corrected chi connectivity index (χ2v) is 12.5. The summed E-state index contributed by atoms with van der Waals surface area (Å²) in [5.41, 5.74) is 8.62. The molecule has 1 amide bonds. The number of aromatic nitrogens is 3. The molecule has 2 aromatic heterocycles. The zero-order valence-electron chi connectivity index (χ0n) is 25.3. The van der Waals surface area contributed by atoms with Crippen molar-refractivity contribution in [1.29, 1.82) is 5.26 Å². The molecule has 1 aromatic carbocycles. The first kappa shape index (κ1) is 29.4. The normalized spacial score (nSPS) is 22.6. The van der Waals surface area contributed by atoms with E-state index in [1.807, 2.05) is 35.2 Å². The summed E-state index contributed by atoms with van der Waals surface area (Å²) < 4.78 is 26.7. The fourth-order valence-electron chi connectivity index (χ4n) is 7.64. The molecular formula is C33H37FN8O3. The molecule has 0 saturated carbocycles. The largest absolute Gasteiger partial charge is 0.461 e. The fourth-order valence-corrected chi connectivity index (χ4v) is 7.64. The van der Waals surface area contributed by atoms with Gasteiger partial charge in [-0.1, -0.05) is 30.8 Å². The van der Waals surface area contributed by atoms with Gasteiger partial charge in [0.15, 0.2) is 5.83 Å². The van der Waals surface area contributed by atoms with Crippen LogP contribution < -0.4 is 15.4 Å². The molecule has 4 aliphatic heterocycles. The van der Waals surface area contributed by atoms with Crippen LogP contribution in [0.4, 0.5) is 16.0 Å². The van der Waals surface area contributed by atoms with Gasteiger partial charge in [-0.3, -0.25) is 9.69 Å². The van der Waals surface area contributed by atoms with Crippen LogP contribution in [0.1, 0.15) is 55.2 Å². The van der Waals surface area contributed by atoms with Crippen LogP contribution in [0.2, 0.25) is 0 Å². The Balaban J connectivity index is 1.23. The fraction of sp³-hybridized carbons (Fsp3) is 0.485. The van der Waals surface area contributed by atoms with Gasteiger partial charge in [-0.25, -0.2) is 9.37 Å². The Morgan fingerprint density at radius 3 is 2.76 bits per heavy atom. The highest BCUT2D eigenvalue weighted by Crippen LogP contribution is 2.40. The number of piperazine rings is 1. The third-order valence-electron chi connectivity index (χ3n) is 9.84. The lowest BCUT2D eigenvalue weighted by Crippen LogP contribution is -2.55. The maximum Gasteiger partial charge on any atom is 0.318 e. The van der Waals surface area contributed by atoms with Gasteiger partial charge in [0, 0.05) is 37.0 Å². The second-order valence-electron chi connectivity index (χ2n) is 12.5. The van der Waals surface area contributed by atoms with Crippen molar-refractivity contribution in [3.8, 4) is 12.1 Å². The summed E-state index contributed by atoms with van der Waals surface area (Å²) in [5, 5.41) is 11.5. The second kappa shape index (κ2) is 11.9. The number of carbonyl (C=O) groups is 1. The number of hydrogen-bond donors (Lipinski definition) is 1. The van der Waals surface area contributed by atoms with Crippen LogP contribution in [0.5, 0.6) is 6.01 Å². The number of amides is 1. The molecule has 0 aliphatic carbocycles. The Kier molecular flexibility index (Phi) is 7.75. The summed E-state index contributed by atoms with van der Waals surface area (Å²) in [7, 11) is 0. The first-order valence-electron chi connectivity index (χ1n) is 15.7. The summed E-state index contributed by atoms with van der Waals surface area (Å²) in [6.07, 6.45) is 4.64. The van der Waals surface area contributed by atoms with Gasteiger partial charge in [0.25, 0.3) is 5.91 Å². The number of hydrogen-bond acceptors (Lipinski definition) is 10. The van der Waals surface area contributed by atoms with Gasteiger partial charge >= 0.3 is 6.01 Å². The number of nitrogens with two attached hydrogens (primary N) is 1. The van der Waals surface area contributed by atoms with E-state index >= 15 is 0 Å². The van der Waals surface area contributed by atoms with Crippen molar-refractivity contribution in [2.75, 3.05) is 50.0 Å². The summed E-state index contributed by atoms with van der Waals surface area (Å²) in [6, 6.07) is 11.8. The number of rotatable bonds is 7. The number of anilines is 2. The topological polar surface area (TPSA) is 134 Å². The third kappa shape index (κ3) is 5.44. The summed E-state index contributed by atoms with van der Waals surface area (Å²) in [6.45, 7) is 7.04. The van der Waals surface area contributed by atoms with Gasteiger partial charge in [-0.05, 0) is 50.2 Å². The molecule has 234 valence electrons. The van der Waals surface area contributed by atoms with Crippen molar-refractivity contribution in [2.45, 2.75) is 62.8 Å². The van der Waals surface area contributed by atoms with Gasteiger partial charge in [-0.2, -0.15) is 15.2 Å². The molecule has 6 heterocycles. The molecular weight excluding hydrogens is 575 g/mol. The van der Waals surface area contributed by atoms with E-state index in [2.05, 4.69) is 22.5 Å². The Morgan fingerprint density at radius 1 is 1.18 bits per heavy atom. The Bertz CT molecular complexity index is 1680. The van der Waals surface area contributed by atoms with E-state index in [0.717, 1.165) is 66.5 Å². The number of nitrogens with zero attached hydrogens (tertiary/aromatic N) is 7. The van der Waals surface area contributed by atoms with Crippen molar-refractivity contribution in [1.82, 2.24) is 24.8 Å². The molecule has 4 aliphatic rings. The van der Waals surface area contributed by atoms with Crippen LogP contribution in [0.25, 0.3) is 10.8 Å². The number of ether oxygens (including phenoxy) is 2. The minimum atomic E-state index is -1.03. The molecule has 0 radical (unpaired) electrons. The number of benzene rings is 1. The predicted molar refractivity (Wildman–Crippen MR) is 166 cm³/mol. The quantitative estimate of drug-likeness (QED) is 0.392. The standard InChI is InChI=1S/C33H37FN8O3/c1-21(34)31(43)42-15-14-40(18-23(42)8-11-35)30-25-19-44-27(29-24-7-3-2-6-22(24)16-28(36)38-29)17-26(25)37-32(39-30)45-20-33-9-4-12-41(33)13-5-10-33/h2-3,6-7,16,23,27H,1,4-5,8-10,12-15,17-20H2,(H2,36,38)/t23-,27?/m0/s1. The van der Waals surface area contributed by atoms with Crippen molar-refractivity contribution >= 4 is 28.3 Å². The van der Waals surface area contributed by atoms with E-state index in [1.54, 1.807) is 0 Å². The van der Waals surface area contributed by atoms with E-state index in [9.17, 15) is 14.4 Å². The monoisotopic (exact) mass is 612 g/mol. The molecule has 2 N–H and O–H groups in total. The van der Waals surface area contributed by atoms with Crippen LogP contribution in [0, 0.1) is 11.3 Å². The summed E-state index contributed by atoms with van der Waals surface area (Å²) in [5.74, 6) is -0.737. The van der Waals surface area contributed by atoms with E-state index in [0.29, 0.717) is 43.8 Å². The van der Waals surface area contributed by atoms with Crippen molar-refractivity contribution in [3.63, 3.8) is 0 Å². The zero-order valence-corrected chi connectivity index (χ0v) is 25.3. The molecule has 12 heteroatoms. The number of carbonyl (C=O) groups excluding carboxylic acids is 1. The molecule has 3 aromatic rings. The number of fused-ring (bicyclic) bond motifs is 3. The average molecular weight is 613 g/mol. The molecule has 2 atom stereocenters. The molecule has 11 nitrogen and oxygen atoms in total. The number of nitrogen functional groups attached to an aromatic ring is 1. The minimum absolute atomic E-state index is 0.0219. The first-order valence-corrected chi connectivity index (χ1v) is 15.7. The maximum absolute atomic E-state index is 13.8. The Morgan fingerprint density at radius 2 is 1.98 bits per heavy atom. The Hall–Kier alpha value is -4.34. The zero-order chi connectivity index (χ0) is 31.1. The van der Waals surface area contributed by atoms with Gasteiger partial charge in [0.05, 0.1) is 42.1 Å². The van der Waals surface area contributed by atoms with Crippen molar-refractivity contribution < 1.29 is 18.7 Å². The van der Waals surface area contributed by atoms with Gasteiger partial charge < -0.3 is 25.0 Å². The minimum Gasteiger partial charge on any atom is -0.461 e. The summed E-state index contributed by atoms with van der Waals surface area (Å²) >= 11 is 0. The molecule has 0 bridgehead atoms. The predicted octanol–water partition coefficient (Wildman–Crippen LogP) is 3.84. The SMILES string of the molecule is C=C(F)C(=O)N1CCN(c2nc(OCC34CCCN3CCC4)nc3c2COC(c2nc(N)cc4ccccc24)C3)C[C@@H]1CC#N. The van der Waals surface area contributed by atoms with Crippen LogP contribution in [0.3, 0.4) is 0 Å². The lowest BCUT2D eigenvalue weighted by molar-refractivity contribution is -0.131. The van der Waals surface area contributed by atoms with Gasteiger partial charge in [0.1, 0.15) is 24.3 Å². The molecule has 45 heavy (non-hydrogen) atoms. The Labute approximate surface area is 261 Å². The van der Waals surface area contributed by atoms with Gasteiger partial charge in [-0.15, -0.1) is 0 Å². The van der Waals surface area contributed by atoms with Crippen LogP contribution in [-0.4, -0.2) is 81.6 Å². The summed E-state index contributed by atoms with van der Waals surface area (Å²) in [4.78, 5) is 33.1. The highest BCUT2D eigenvalue weighted by Gasteiger charge is 2.45. The van der Waals surface area contributed by atoms with E-state index in [1.165, 1.54) is 4.90 Å². The lowest BCUT2D eigenvalue weighted by Gasteiger charge is -2.42. The smallest absolute Gasteiger partial charge is 0.318 e. The maximum atomic E-state index is 13.8. The van der Waals surface area contributed by atoms with Crippen LogP contribution in [-0.2, 0) is 22.6 Å². The van der Waals surface area contributed by atoms with E-state index < -0.39 is 17.8 Å². The molecule has 7 rings (SSSR count). The number of nitriles is 1. The highest BCUT2D eigenvalue weighted by molar-refractivity contribution is 5.91. The number of pyridine rings is 1. The van der Waals surface area contributed by atoms with Crippen LogP contribution in [0.15, 0.2) is 42.7 Å². The molecule has 0 spiro atoms. The van der Waals surface area contributed by atoms with E-state index in [-0.39, 0.29) is 31.2 Å². The van der Waals surface area contributed by atoms with Crippen LogP contribution >= 0.6 is 0 Å². The van der Waals surface area contributed by atoms with Crippen molar-refractivity contribution in [2.24, 2.45) is 0 Å². The van der Waals surface area contributed by atoms with E-state index in [4.69, 9.17) is 25.2 Å². The number of halogens is 1. The third-order valence-corrected chi connectivity index (χ3v) is 9.84. The molecule has 3 fully saturated rings. The lowest BCUT2D eigenvalue weighted by atomic mass is 9.95. The first-order chi connectivity index (χ1) is 21.8.